The normalized spacial score (nSPS) is 11.9. The van der Waals surface area contributed by atoms with E-state index in [-0.39, 0.29) is 11.0 Å². The third kappa shape index (κ3) is 1.58. The molecule has 84 valence electrons. The predicted octanol–water partition coefficient (Wildman–Crippen LogP) is 3.43. The van der Waals surface area contributed by atoms with E-state index in [0.717, 1.165) is 10.9 Å². The van der Waals surface area contributed by atoms with Crippen molar-refractivity contribution < 1.29 is 14.3 Å². The van der Waals surface area contributed by atoms with Crippen LogP contribution in [-0.2, 0) is 5.41 Å². The number of aromatic carboxylic acids is 1. The number of fused-ring (bicyclic) bond motifs is 1. The van der Waals surface area contributed by atoms with Crippen molar-refractivity contribution in [3.05, 3.63) is 35.6 Å². The molecule has 0 unspecified atom stereocenters. The number of benzene rings is 1. The largest absolute Gasteiger partial charge is 0.478 e. The van der Waals surface area contributed by atoms with Gasteiger partial charge in [0.15, 0.2) is 0 Å². The van der Waals surface area contributed by atoms with Gasteiger partial charge < -0.3 is 9.52 Å². The van der Waals surface area contributed by atoms with Crippen molar-refractivity contribution in [2.24, 2.45) is 0 Å². The lowest BCUT2D eigenvalue weighted by molar-refractivity contribution is 0.0698. The van der Waals surface area contributed by atoms with Crippen LogP contribution in [0.15, 0.2) is 28.9 Å². The fourth-order valence-electron chi connectivity index (χ4n) is 1.81. The maximum Gasteiger partial charge on any atom is 0.339 e. The minimum absolute atomic E-state index is 0.0532. The van der Waals surface area contributed by atoms with E-state index in [9.17, 15) is 4.79 Å². The smallest absolute Gasteiger partial charge is 0.339 e. The zero-order valence-corrected chi connectivity index (χ0v) is 9.57. The number of carbonyl (C=O) groups is 1. The lowest BCUT2D eigenvalue weighted by Crippen LogP contribution is -2.09. The molecule has 0 radical (unpaired) electrons. The molecule has 0 spiro atoms. The highest BCUT2D eigenvalue weighted by Gasteiger charge is 2.21. The molecule has 1 N–H and O–H groups in total. The van der Waals surface area contributed by atoms with Crippen LogP contribution in [0, 0.1) is 0 Å². The highest BCUT2D eigenvalue weighted by atomic mass is 16.4. The van der Waals surface area contributed by atoms with Crippen molar-refractivity contribution in [2.45, 2.75) is 26.2 Å². The summed E-state index contributed by atoms with van der Waals surface area (Å²) < 4.78 is 5.39. The van der Waals surface area contributed by atoms with Gasteiger partial charge in [-0.3, -0.25) is 0 Å². The van der Waals surface area contributed by atoms with Gasteiger partial charge in [-0.25, -0.2) is 4.79 Å². The SMILES string of the molecule is CC(C)(C)c1coc2c(C(=O)O)cccc12. The molecule has 0 atom stereocenters. The topological polar surface area (TPSA) is 50.4 Å². The highest BCUT2D eigenvalue weighted by Crippen LogP contribution is 2.33. The number of para-hydroxylation sites is 1. The van der Waals surface area contributed by atoms with Crippen molar-refractivity contribution in [1.29, 1.82) is 0 Å². The van der Waals surface area contributed by atoms with Crippen LogP contribution in [0.25, 0.3) is 11.0 Å². The maximum absolute atomic E-state index is 11.0. The molecule has 0 bridgehead atoms. The van der Waals surface area contributed by atoms with Gasteiger partial charge in [0.2, 0.25) is 0 Å². The molecule has 1 aromatic carbocycles. The second kappa shape index (κ2) is 3.37. The summed E-state index contributed by atoms with van der Waals surface area (Å²) in [4.78, 5) is 11.0. The van der Waals surface area contributed by atoms with E-state index in [0.29, 0.717) is 5.58 Å². The molecular formula is C13H14O3. The van der Waals surface area contributed by atoms with Gasteiger partial charge in [0.1, 0.15) is 11.1 Å². The Hall–Kier alpha value is -1.77. The van der Waals surface area contributed by atoms with Gasteiger partial charge in [-0.05, 0) is 11.5 Å². The monoisotopic (exact) mass is 218 g/mol. The zero-order chi connectivity index (χ0) is 11.9. The fourth-order valence-corrected chi connectivity index (χ4v) is 1.81. The van der Waals surface area contributed by atoms with E-state index >= 15 is 0 Å². The summed E-state index contributed by atoms with van der Waals surface area (Å²) in [6, 6.07) is 5.20. The van der Waals surface area contributed by atoms with E-state index in [1.807, 2.05) is 6.07 Å². The molecule has 0 fully saturated rings. The summed E-state index contributed by atoms with van der Waals surface area (Å²) in [7, 11) is 0. The standard InChI is InChI=1S/C13H14O3/c1-13(2,3)10-7-16-11-8(10)5-4-6-9(11)12(14)15/h4-7H,1-3H3,(H,14,15). The number of carboxylic acid groups (broad SMARTS) is 1. The van der Waals surface area contributed by atoms with Gasteiger partial charge in [-0.1, -0.05) is 32.9 Å². The van der Waals surface area contributed by atoms with E-state index in [1.54, 1.807) is 18.4 Å². The van der Waals surface area contributed by atoms with Gasteiger partial charge >= 0.3 is 5.97 Å². The molecule has 16 heavy (non-hydrogen) atoms. The Balaban J connectivity index is 2.76. The average molecular weight is 218 g/mol. The Morgan fingerprint density at radius 2 is 2.00 bits per heavy atom. The Kier molecular flexibility index (Phi) is 2.26. The van der Waals surface area contributed by atoms with E-state index in [2.05, 4.69) is 20.8 Å². The first-order valence-corrected chi connectivity index (χ1v) is 5.15. The summed E-state index contributed by atoms with van der Waals surface area (Å²) in [5.74, 6) is -0.958. The minimum atomic E-state index is -0.958. The molecule has 2 aromatic rings. The van der Waals surface area contributed by atoms with Gasteiger partial charge in [0.25, 0.3) is 0 Å². The van der Waals surface area contributed by atoms with Crippen LogP contribution in [0.3, 0.4) is 0 Å². The van der Waals surface area contributed by atoms with E-state index in [4.69, 9.17) is 9.52 Å². The van der Waals surface area contributed by atoms with Crippen LogP contribution in [0.4, 0.5) is 0 Å². The number of hydrogen-bond donors (Lipinski definition) is 1. The number of hydrogen-bond acceptors (Lipinski definition) is 2. The van der Waals surface area contributed by atoms with Crippen molar-refractivity contribution in [3.8, 4) is 0 Å². The molecule has 1 heterocycles. The van der Waals surface area contributed by atoms with Gasteiger partial charge in [0, 0.05) is 10.9 Å². The molecule has 0 saturated carbocycles. The number of furan rings is 1. The second-order valence-corrected chi connectivity index (χ2v) is 4.89. The van der Waals surface area contributed by atoms with Crippen LogP contribution < -0.4 is 0 Å². The molecule has 2 rings (SSSR count). The Labute approximate surface area is 93.7 Å². The predicted molar refractivity (Wildman–Crippen MR) is 61.9 cm³/mol. The van der Waals surface area contributed by atoms with Crippen LogP contribution in [0.1, 0.15) is 36.7 Å². The summed E-state index contributed by atoms with van der Waals surface area (Å²) in [6.07, 6.45) is 1.65. The fraction of sp³-hybridized carbons (Fsp3) is 0.308. The zero-order valence-electron chi connectivity index (χ0n) is 9.57. The molecular weight excluding hydrogens is 204 g/mol. The quantitative estimate of drug-likeness (QED) is 0.797. The Bertz CT molecular complexity index is 544. The van der Waals surface area contributed by atoms with Gasteiger partial charge in [-0.15, -0.1) is 0 Å². The summed E-state index contributed by atoms with van der Waals surface area (Å²) in [6.45, 7) is 6.22. The van der Waals surface area contributed by atoms with E-state index < -0.39 is 5.97 Å². The van der Waals surface area contributed by atoms with Crippen LogP contribution in [0.5, 0.6) is 0 Å². The summed E-state index contributed by atoms with van der Waals surface area (Å²) >= 11 is 0. The molecule has 0 saturated heterocycles. The van der Waals surface area contributed by atoms with Crippen molar-refractivity contribution >= 4 is 16.9 Å². The van der Waals surface area contributed by atoms with Gasteiger partial charge in [0.05, 0.1) is 6.26 Å². The average Bonchev–Trinajstić information content (AvgIpc) is 2.59. The Morgan fingerprint density at radius 3 is 2.56 bits per heavy atom. The highest BCUT2D eigenvalue weighted by molar-refractivity contribution is 6.02. The van der Waals surface area contributed by atoms with E-state index in [1.165, 1.54) is 0 Å². The maximum atomic E-state index is 11.0. The molecule has 0 aliphatic carbocycles. The lowest BCUT2D eigenvalue weighted by atomic mass is 9.86. The summed E-state index contributed by atoms with van der Waals surface area (Å²) in [5, 5.41) is 9.92. The first-order chi connectivity index (χ1) is 7.41. The van der Waals surface area contributed by atoms with Crippen molar-refractivity contribution in [2.75, 3.05) is 0 Å². The number of carboxylic acids is 1. The van der Waals surface area contributed by atoms with Gasteiger partial charge in [-0.2, -0.15) is 0 Å². The first-order valence-electron chi connectivity index (χ1n) is 5.15. The molecule has 3 heteroatoms. The number of rotatable bonds is 1. The molecule has 0 amide bonds. The second-order valence-electron chi connectivity index (χ2n) is 4.89. The summed E-state index contributed by atoms with van der Waals surface area (Å²) in [5.41, 5.74) is 1.65. The Morgan fingerprint density at radius 1 is 1.31 bits per heavy atom. The molecule has 3 nitrogen and oxygen atoms in total. The lowest BCUT2D eigenvalue weighted by Gasteiger charge is -2.16. The van der Waals surface area contributed by atoms with Crippen molar-refractivity contribution in [3.63, 3.8) is 0 Å². The molecule has 0 aliphatic rings. The van der Waals surface area contributed by atoms with Crippen LogP contribution in [-0.4, -0.2) is 11.1 Å². The third-order valence-corrected chi connectivity index (χ3v) is 2.64. The van der Waals surface area contributed by atoms with Crippen LogP contribution in [0.2, 0.25) is 0 Å². The third-order valence-electron chi connectivity index (χ3n) is 2.64. The molecule has 0 aliphatic heterocycles. The van der Waals surface area contributed by atoms with Crippen molar-refractivity contribution in [1.82, 2.24) is 0 Å². The van der Waals surface area contributed by atoms with Crippen LogP contribution >= 0.6 is 0 Å². The molecule has 1 aromatic heterocycles. The first kappa shape index (κ1) is 10.7. The minimum Gasteiger partial charge on any atom is -0.478 e.